The smallest absolute Gasteiger partial charge is 0.269 e. The Labute approximate surface area is 169 Å². The molecule has 0 aliphatic carbocycles. The molecule has 0 bridgehead atoms. The third kappa shape index (κ3) is 3.52. The van der Waals surface area contributed by atoms with Crippen LogP contribution in [0.4, 0.5) is 0 Å². The van der Waals surface area contributed by atoms with E-state index in [4.69, 9.17) is 0 Å². The summed E-state index contributed by atoms with van der Waals surface area (Å²) < 4.78 is 3.04. The SMILES string of the molecule is Cc1ccc(-c2cn3c(C(=O)NCc4ccc(I)cc4)csc3n2)cc1. The molecule has 0 radical (unpaired) electrons. The van der Waals surface area contributed by atoms with Gasteiger partial charge in [-0.1, -0.05) is 42.0 Å². The predicted octanol–water partition coefficient (Wildman–Crippen LogP) is 4.91. The van der Waals surface area contributed by atoms with Crippen molar-refractivity contribution in [3.8, 4) is 11.3 Å². The van der Waals surface area contributed by atoms with Crippen molar-refractivity contribution in [2.75, 3.05) is 0 Å². The van der Waals surface area contributed by atoms with Crippen LogP contribution in [0.3, 0.4) is 0 Å². The topological polar surface area (TPSA) is 46.4 Å². The molecule has 4 aromatic rings. The molecule has 2 aromatic heterocycles. The number of imidazole rings is 1. The van der Waals surface area contributed by atoms with Crippen LogP contribution in [0.5, 0.6) is 0 Å². The number of hydrogen-bond acceptors (Lipinski definition) is 3. The Morgan fingerprint density at radius 2 is 1.88 bits per heavy atom. The Bertz CT molecular complexity index is 1060. The average Bonchev–Trinajstić information content (AvgIpc) is 3.22. The molecule has 0 saturated heterocycles. The largest absolute Gasteiger partial charge is 0.347 e. The Kier molecular flexibility index (Phi) is 4.78. The van der Waals surface area contributed by atoms with Crippen LogP contribution in [-0.2, 0) is 6.54 Å². The number of aromatic nitrogens is 2. The molecule has 0 saturated carbocycles. The Morgan fingerprint density at radius 3 is 2.62 bits per heavy atom. The van der Waals surface area contributed by atoms with Gasteiger partial charge in [0.2, 0.25) is 0 Å². The first-order valence-corrected chi connectivity index (χ1v) is 10.1. The number of aryl methyl sites for hydroxylation is 1. The van der Waals surface area contributed by atoms with Crippen LogP contribution < -0.4 is 5.32 Å². The second-order valence-corrected chi connectivity index (χ2v) is 8.16. The van der Waals surface area contributed by atoms with Crippen molar-refractivity contribution in [1.29, 1.82) is 0 Å². The maximum absolute atomic E-state index is 12.6. The van der Waals surface area contributed by atoms with Gasteiger partial charge in [-0.25, -0.2) is 4.98 Å². The van der Waals surface area contributed by atoms with Crippen molar-refractivity contribution >= 4 is 44.8 Å². The van der Waals surface area contributed by atoms with Gasteiger partial charge in [-0.05, 0) is 47.2 Å². The Hall–Kier alpha value is -2.19. The first kappa shape index (κ1) is 17.2. The van der Waals surface area contributed by atoms with E-state index in [-0.39, 0.29) is 5.91 Å². The monoisotopic (exact) mass is 473 g/mol. The van der Waals surface area contributed by atoms with Gasteiger partial charge in [-0.2, -0.15) is 0 Å². The van der Waals surface area contributed by atoms with Crippen LogP contribution in [0.1, 0.15) is 21.6 Å². The van der Waals surface area contributed by atoms with Gasteiger partial charge < -0.3 is 5.32 Å². The van der Waals surface area contributed by atoms with E-state index in [2.05, 4.69) is 64.1 Å². The maximum Gasteiger partial charge on any atom is 0.269 e. The molecular weight excluding hydrogens is 457 g/mol. The van der Waals surface area contributed by atoms with Gasteiger partial charge in [0.25, 0.3) is 5.91 Å². The average molecular weight is 473 g/mol. The third-order valence-electron chi connectivity index (χ3n) is 4.16. The first-order chi connectivity index (χ1) is 12.6. The van der Waals surface area contributed by atoms with Crippen molar-refractivity contribution in [2.24, 2.45) is 0 Å². The van der Waals surface area contributed by atoms with Crippen molar-refractivity contribution in [2.45, 2.75) is 13.5 Å². The molecule has 26 heavy (non-hydrogen) atoms. The van der Waals surface area contributed by atoms with E-state index in [1.807, 2.05) is 40.2 Å². The summed E-state index contributed by atoms with van der Waals surface area (Å²) in [5.74, 6) is -0.0948. The first-order valence-electron chi connectivity index (χ1n) is 8.16. The number of benzene rings is 2. The van der Waals surface area contributed by atoms with Crippen molar-refractivity contribution in [1.82, 2.24) is 14.7 Å². The molecule has 4 nitrogen and oxygen atoms in total. The molecule has 0 aliphatic rings. The van der Waals surface area contributed by atoms with Gasteiger partial charge in [0, 0.05) is 27.3 Å². The van der Waals surface area contributed by atoms with Gasteiger partial charge in [0.15, 0.2) is 4.96 Å². The fourth-order valence-corrected chi connectivity index (χ4v) is 3.90. The second-order valence-electron chi connectivity index (χ2n) is 6.07. The number of nitrogens with one attached hydrogen (secondary N) is 1. The van der Waals surface area contributed by atoms with Gasteiger partial charge in [0.05, 0.1) is 5.69 Å². The summed E-state index contributed by atoms with van der Waals surface area (Å²) in [6.45, 7) is 2.57. The van der Waals surface area contributed by atoms with E-state index in [1.54, 1.807) is 0 Å². The molecule has 0 atom stereocenters. The van der Waals surface area contributed by atoms with Crippen molar-refractivity contribution in [3.05, 3.63) is 80.5 Å². The van der Waals surface area contributed by atoms with Crippen LogP contribution in [0, 0.1) is 10.5 Å². The highest BCUT2D eigenvalue weighted by atomic mass is 127. The van der Waals surface area contributed by atoms with Gasteiger partial charge >= 0.3 is 0 Å². The van der Waals surface area contributed by atoms with E-state index in [9.17, 15) is 4.79 Å². The molecule has 4 rings (SSSR count). The van der Waals surface area contributed by atoms with Crippen LogP contribution in [0.2, 0.25) is 0 Å². The molecule has 1 N–H and O–H groups in total. The van der Waals surface area contributed by atoms with Crippen LogP contribution in [0.15, 0.2) is 60.1 Å². The Balaban J connectivity index is 1.55. The maximum atomic E-state index is 12.6. The fourth-order valence-electron chi connectivity index (χ4n) is 2.69. The highest BCUT2D eigenvalue weighted by molar-refractivity contribution is 14.1. The summed E-state index contributed by atoms with van der Waals surface area (Å²) >= 11 is 3.74. The van der Waals surface area contributed by atoms with E-state index < -0.39 is 0 Å². The summed E-state index contributed by atoms with van der Waals surface area (Å²) in [7, 11) is 0. The number of rotatable bonds is 4. The van der Waals surface area contributed by atoms with E-state index in [1.165, 1.54) is 20.5 Å². The molecule has 0 fully saturated rings. The molecule has 1 amide bonds. The minimum absolute atomic E-state index is 0.0948. The third-order valence-corrected chi connectivity index (χ3v) is 5.71. The molecule has 130 valence electrons. The van der Waals surface area contributed by atoms with Gasteiger partial charge in [-0.15, -0.1) is 11.3 Å². The number of halogens is 1. The van der Waals surface area contributed by atoms with Crippen molar-refractivity contribution in [3.63, 3.8) is 0 Å². The fraction of sp³-hybridized carbons (Fsp3) is 0.100. The molecule has 0 unspecified atom stereocenters. The zero-order chi connectivity index (χ0) is 18.1. The summed E-state index contributed by atoms with van der Waals surface area (Å²) in [5, 5.41) is 4.84. The minimum atomic E-state index is -0.0948. The lowest BCUT2D eigenvalue weighted by atomic mass is 10.1. The number of thiazole rings is 1. The lowest BCUT2D eigenvalue weighted by molar-refractivity contribution is 0.0945. The molecular formula is C20H16IN3OS. The number of carbonyl (C=O) groups is 1. The lowest BCUT2D eigenvalue weighted by Gasteiger charge is -2.05. The molecule has 2 heterocycles. The van der Waals surface area contributed by atoms with Crippen molar-refractivity contribution < 1.29 is 4.79 Å². The van der Waals surface area contributed by atoms with Crippen LogP contribution in [0.25, 0.3) is 16.2 Å². The number of fused-ring (bicyclic) bond motifs is 1. The number of amides is 1. The molecule has 2 aromatic carbocycles. The number of hydrogen-bond donors (Lipinski definition) is 1. The minimum Gasteiger partial charge on any atom is -0.347 e. The van der Waals surface area contributed by atoms with Gasteiger partial charge in [0.1, 0.15) is 5.69 Å². The predicted molar refractivity (Wildman–Crippen MR) is 114 cm³/mol. The van der Waals surface area contributed by atoms with Crippen LogP contribution >= 0.6 is 33.9 Å². The molecule has 6 heteroatoms. The van der Waals surface area contributed by atoms with Gasteiger partial charge in [-0.3, -0.25) is 9.20 Å². The Morgan fingerprint density at radius 1 is 1.15 bits per heavy atom. The van der Waals surface area contributed by atoms with E-state index in [0.29, 0.717) is 12.2 Å². The highest BCUT2D eigenvalue weighted by Gasteiger charge is 2.15. The standard InChI is InChI=1S/C20H16IN3OS/c1-13-2-6-15(7-3-13)17-11-24-18(12-26-20(24)23-17)19(25)22-10-14-4-8-16(21)9-5-14/h2-9,11-12H,10H2,1H3,(H,22,25). The molecule has 0 spiro atoms. The summed E-state index contributed by atoms with van der Waals surface area (Å²) in [6, 6.07) is 16.4. The quantitative estimate of drug-likeness (QED) is 0.429. The highest BCUT2D eigenvalue weighted by Crippen LogP contribution is 2.24. The summed E-state index contributed by atoms with van der Waals surface area (Å²) in [5.41, 5.74) is 4.84. The summed E-state index contributed by atoms with van der Waals surface area (Å²) in [4.78, 5) is 18.1. The second kappa shape index (κ2) is 7.20. The molecule has 0 aliphatic heterocycles. The van der Waals surface area contributed by atoms with Crippen LogP contribution in [-0.4, -0.2) is 15.3 Å². The zero-order valence-electron chi connectivity index (χ0n) is 14.1. The summed E-state index contributed by atoms with van der Waals surface area (Å²) in [6.07, 6.45) is 1.93. The zero-order valence-corrected chi connectivity index (χ0v) is 17.0. The number of nitrogens with zero attached hydrogens (tertiary/aromatic N) is 2. The normalized spacial score (nSPS) is 11.0. The number of carbonyl (C=O) groups excluding carboxylic acids is 1. The van der Waals surface area contributed by atoms with E-state index >= 15 is 0 Å². The lowest BCUT2D eigenvalue weighted by Crippen LogP contribution is -2.23. The van der Waals surface area contributed by atoms with E-state index in [0.717, 1.165) is 21.8 Å².